The minimum atomic E-state index is -0.232. The predicted octanol–water partition coefficient (Wildman–Crippen LogP) is 4.03. The predicted molar refractivity (Wildman–Crippen MR) is 106 cm³/mol. The number of rotatable bonds is 6. The summed E-state index contributed by atoms with van der Waals surface area (Å²) in [6, 6.07) is 18.5. The summed E-state index contributed by atoms with van der Waals surface area (Å²) in [5.74, 6) is 1.60. The van der Waals surface area contributed by atoms with Crippen LogP contribution in [-0.2, 0) is 12.2 Å². The molecule has 2 aromatic carbocycles. The van der Waals surface area contributed by atoms with Crippen molar-refractivity contribution in [3.63, 3.8) is 0 Å². The lowest BCUT2D eigenvalue weighted by Crippen LogP contribution is -2.17. The van der Waals surface area contributed by atoms with Crippen molar-refractivity contribution in [2.24, 2.45) is 5.73 Å². The minimum absolute atomic E-state index is 0.232. The Hall–Kier alpha value is -2.22. The van der Waals surface area contributed by atoms with Crippen LogP contribution in [0.5, 0.6) is 0 Å². The fraction of sp³-hybridized carbons (Fsp3) is 0.211. The van der Waals surface area contributed by atoms with Gasteiger partial charge in [-0.25, -0.2) is 0 Å². The van der Waals surface area contributed by atoms with Gasteiger partial charge in [-0.1, -0.05) is 83.3 Å². The summed E-state index contributed by atoms with van der Waals surface area (Å²) in [5, 5.41) is 13.2. The number of aromatic nitrogens is 4. The standard InChI is InChI=1S/C19H19N5S2/c1-13-6-5-9-15(10-13)12-25-19-23-24-17(21-22-18(24)26-19)16(20)11-14-7-3-2-4-8-14/h2-10,16H,11-12,20H2,1H3/t16-/m0/s1. The van der Waals surface area contributed by atoms with Gasteiger partial charge in [-0.2, -0.15) is 4.52 Å². The normalized spacial score (nSPS) is 12.5. The van der Waals surface area contributed by atoms with Gasteiger partial charge < -0.3 is 5.73 Å². The van der Waals surface area contributed by atoms with Crippen molar-refractivity contribution in [2.75, 3.05) is 0 Å². The molecule has 132 valence electrons. The highest BCUT2D eigenvalue weighted by atomic mass is 32.2. The lowest BCUT2D eigenvalue weighted by atomic mass is 10.1. The average molecular weight is 382 g/mol. The molecule has 26 heavy (non-hydrogen) atoms. The van der Waals surface area contributed by atoms with Crippen molar-refractivity contribution in [1.82, 2.24) is 19.8 Å². The van der Waals surface area contributed by atoms with Crippen LogP contribution >= 0.6 is 23.1 Å². The van der Waals surface area contributed by atoms with E-state index in [-0.39, 0.29) is 6.04 Å². The van der Waals surface area contributed by atoms with E-state index < -0.39 is 0 Å². The summed E-state index contributed by atoms with van der Waals surface area (Å²) in [6.45, 7) is 2.11. The number of fused-ring (bicyclic) bond motifs is 1. The van der Waals surface area contributed by atoms with Gasteiger partial charge in [0, 0.05) is 5.75 Å². The molecule has 1 atom stereocenters. The summed E-state index contributed by atoms with van der Waals surface area (Å²) in [7, 11) is 0. The lowest BCUT2D eigenvalue weighted by molar-refractivity contribution is 0.635. The fourth-order valence-electron chi connectivity index (χ4n) is 2.81. The van der Waals surface area contributed by atoms with Crippen molar-refractivity contribution < 1.29 is 0 Å². The van der Waals surface area contributed by atoms with Crippen molar-refractivity contribution in [2.45, 2.75) is 29.5 Å². The smallest absolute Gasteiger partial charge is 0.235 e. The molecule has 0 aliphatic carbocycles. The third kappa shape index (κ3) is 3.80. The van der Waals surface area contributed by atoms with E-state index in [1.807, 2.05) is 18.2 Å². The summed E-state index contributed by atoms with van der Waals surface area (Å²) in [6.07, 6.45) is 0.713. The molecule has 0 spiro atoms. The summed E-state index contributed by atoms with van der Waals surface area (Å²) >= 11 is 3.27. The SMILES string of the molecule is Cc1cccc(CSc2nn3c([C@@H](N)Cc4ccccc4)nnc3s2)c1. The van der Waals surface area contributed by atoms with Crippen molar-refractivity contribution in [3.05, 3.63) is 77.1 Å². The Labute approximate surface area is 160 Å². The second-order valence-corrected chi connectivity index (χ2v) is 8.37. The Balaban J connectivity index is 1.49. The molecule has 4 rings (SSSR count). The Morgan fingerprint density at radius 2 is 1.88 bits per heavy atom. The minimum Gasteiger partial charge on any atom is -0.321 e. The van der Waals surface area contributed by atoms with E-state index in [2.05, 4.69) is 58.6 Å². The number of hydrogen-bond donors (Lipinski definition) is 1. The van der Waals surface area contributed by atoms with Crippen LogP contribution in [0, 0.1) is 6.92 Å². The third-order valence-electron chi connectivity index (χ3n) is 4.07. The largest absolute Gasteiger partial charge is 0.321 e. The zero-order chi connectivity index (χ0) is 17.9. The first-order valence-electron chi connectivity index (χ1n) is 8.39. The zero-order valence-electron chi connectivity index (χ0n) is 14.4. The number of benzene rings is 2. The van der Waals surface area contributed by atoms with E-state index in [9.17, 15) is 0 Å². The van der Waals surface area contributed by atoms with Crippen LogP contribution in [0.25, 0.3) is 4.96 Å². The molecule has 7 heteroatoms. The quantitative estimate of drug-likeness (QED) is 0.511. The number of nitrogens with zero attached hydrogens (tertiary/aromatic N) is 4. The molecule has 0 fully saturated rings. The molecular formula is C19H19N5S2. The summed E-state index contributed by atoms with van der Waals surface area (Å²) < 4.78 is 2.76. The molecular weight excluding hydrogens is 362 g/mol. The number of hydrogen-bond acceptors (Lipinski definition) is 6. The molecule has 2 heterocycles. The lowest BCUT2D eigenvalue weighted by Gasteiger charge is -2.08. The van der Waals surface area contributed by atoms with E-state index in [0.29, 0.717) is 12.2 Å². The van der Waals surface area contributed by atoms with Crippen molar-refractivity contribution >= 4 is 28.1 Å². The first-order chi connectivity index (χ1) is 12.7. The van der Waals surface area contributed by atoms with E-state index in [0.717, 1.165) is 15.1 Å². The van der Waals surface area contributed by atoms with Crippen LogP contribution in [0.4, 0.5) is 0 Å². The molecule has 2 N–H and O–H groups in total. The Bertz CT molecular complexity index is 1010. The van der Waals surface area contributed by atoms with Gasteiger partial charge in [0.25, 0.3) is 0 Å². The van der Waals surface area contributed by atoms with Crippen LogP contribution in [0.15, 0.2) is 58.9 Å². The monoisotopic (exact) mass is 381 g/mol. The van der Waals surface area contributed by atoms with E-state index in [4.69, 9.17) is 5.73 Å². The van der Waals surface area contributed by atoms with Gasteiger partial charge in [-0.15, -0.1) is 15.3 Å². The Kier molecular flexibility index (Phi) is 5.01. The van der Waals surface area contributed by atoms with Crippen LogP contribution in [0.3, 0.4) is 0 Å². The number of thioether (sulfide) groups is 1. The van der Waals surface area contributed by atoms with Gasteiger partial charge >= 0.3 is 0 Å². The molecule has 0 unspecified atom stereocenters. The van der Waals surface area contributed by atoms with E-state index in [1.165, 1.54) is 16.7 Å². The molecule has 5 nitrogen and oxygen atoms in total. The molecule has 0 saturated carbocycles. The van der Waals surface area contributed by atoms with Gasteiger partial charge in [0.1, 0.15) is 0 Å². The average Bonchev–Trinajstić information content (AvgIpc) is 3.21. The summed E-state index contributed by atoms with van der Waals surface area (Å²) in [5.41, 5.74) is 10.1. The highest BCUT2D eigenvalue weighted by Crippen LogP contribution is 2.28. The maximum absolute atomic E-state index is 6.36. The van der Waals surface area contributed by atoms with Gasteiger partial charge in [-0.3, -0.25) is 0 Å². The summed E-state index contributed by atoms with van der Waals surface area (Å²) in [4.78, 5) is 0.787. The van der Waals surface area contributed by atoms with E-state index in [1.54, 1.807) is 27.6 Å². The maximum atomic E-state index is 6.36. The molecule has 2 aromatic heterocycles. The molecule has 0 saturated heterocycles. The Morgan fingerprint density at radius 3 is 2.69 bits per heavy atom. The fourth-order valence-corrected chi connectivity index (χ4v) is 4.64. The first kappa shape index (κ1) is 17.2. The van der Waals surface area contributed by atoms with Crippen LogP contribution < -0.4 is 5.73 Å². The van der Waals surface area contributed by atoms with Crippen LogP contribution in [0.2, 0.25) is 0 Å². The maximum Gasteiger partial charge on any atom is 0.235 e. The third-order valence-corrected chi connectivity index (χ3v) is 6.17. The molecule has 0 bridgehead atoms. The molecule has 0 aliphatic heterocycles. The molecule has 0 radical (unpaired) electrons. The second-order valence-electron chi connectivity index (χ2n) is 6.19. The number of aryl methyl sites for hydroxylation is 1. The highest BCUT2D eigenvalue weighted by molar-refractivity contribution is 8.00. The van der Waals surface area contributed by atoms with Crippen molar-refractivity contribution in [3.8, 4) is 0 Å². The van der Waals surface area contributed by atoms with E-state index >= 15 is 0 Å². The van der Waals surface area contributed by atoms with Gasteiger partial charge in [0.05, 0.1) is 6.04 Å². The first-order valence-corrected chi connectivity index (χ1v) is 10.2. The van der Waals surface area contributed by atoms with Gasteiger partial charge in [0.15, 0.2) is 10.2 Å². The highest BCUT2D eigenvalue weighted by Gasteiger charge is 2.18. The number of nitrogens with two attached hydrogens (primary N) is 1. The van der Waals surface area contributed by atoms with Crippen molar-refractivity contribution in [1.29, 1.82) is 0 Å². The topological polar surface area (TPSA) is 69.1 Å². The van der Waals surface area contributed by atoms with Crippen LogP contribution in [0.1, 0.15) is 28.6 Å². The molecule has 4 aromatic rings. The molecule has 0 aliphatic rings. The van der Waals surface area contributed by atoms with Gasteiger partial charge in [-0.05, 0) is 24.5 Å². The van der Waals surface area contributed by atoms with Gasteiger partial charge in [0.2, 0.25) is 4.96 Å². The zero-order valence-corrected chi connectivity index (χ0v) is 16.0. The Morgan fingerprint density at radius 1 is 1.08 bits per heavy atom. The second kappa shape index (κ2) is 7.57. The molecule has 0 amide bonds. The van der Waals surface area contributed by atoms with Crippen LogP contribution in [-0.4, -0.2) is 19.8 Å².